The summed E-state index contributed by atoms with van der Waals surface area (Å²) in [5.74, 6) is 0.177. The molecule has 1 rings (SSSR count). The predicted octanol–water partition coefficient (Wildman–Crippen LogP) is 1.84. The first-order valence-corrected chi connectivity index (χ1v) is 5.46. The van der Waals surface area contributed by atoms with Crippen molar-refractivity contribution in [2.24, 2.45) is 5.73 Å². The lowest BCUT2D eigenvalue weighted by molar-refractivity contribution is -0.386. The Labute approximate surface area is 99.9 Å². The first-order valence-electron chi connectivity index (χ1n) is 5.46. The molecule has 17 heavy (non-hydrogen) atoms. The van der Waals surface area contributed by atoms with E-state index in [0.717, 1.165) is 6.42 Å². The Morgan fingerprint density at radius 1 is 1.59 bits per heavy atom. The van der Waals surface area contributed by atoms with Crippen molar-refractivity contribution in [2.45, 2.75) is 32.2 Å². The minimum Gasteiger partial charge on any atom is -0.481 e. The normalized spacial score (nSPS) is 14.1. The number of rotatable bonds is 5. The minimum atomic E-state index is -0.444. The number of ether oxygens (including phenoxy) is 1. The van der Waals surface area contributed by atoms with Crippen molar-refractivity contribution in [3.8, 4) is 5.88 Å². The van der Waals surface area contributed by atoms with Crippen molar-refractivity contribution in [3.63, 3.8) is 0 Å². The highest BCUT2D eigenvalue weighted by atomic mass is 16.6. The fraction of sp³-hybridized carbons (Fsp3) is 0.545. The van der Waals surface area contributed by atoms with Gasteiger partial charge in [-0.2, -0.15) is 0 Å². The Bertz CT molecular complexity index is 409. The zero-order valence-electron chi connectivity index (χ0n) is 10.2. The zero-order chi connectivity index (χ0) is 13.0. The monoisotopic (exact) mass is 239 g/mol. The highest BCUT2D eigenvalue weighted by molar-refractivity contribution is 5.40. The van der Waals surface area contributed by atoms with Crippen LogP contribution in [0.4, 0.5) is 5.69 Å². The second-order valence-electron chi connectivity index (χ2n) is 3.88. The van der Waals surface area contributed by atoms with Crippen LogP contribution in [0.15, 0.2) is 12.1 Å². The van der Waals surface area contributed by atoms with E-state index in [0.29, 0.717) is 11.6 Å². The molecule has 0 spiro atoms. The fourth-order valence-corrected chi connectivity index (χ4v) is 1.61. The molecule has 2 N–H and O–H groups in total. The number of methoxy groups -OCH3 is 1. The summed E-state index contributed by atoms with van der Waals surface area (Å²) in [5, 5.41) is 10.9. The lowest BCUT2D eigenvalue weighted by Gasteiger charge is -2.17. The lowest BCUT2D eigenvalue weighted by Crippen LogP contribution is -2.26. The fourth-order valence-electron chi connectivity index (χ4n) is 1.61. The molecule has 0 aliphatic carbocycles. The van der Waals surface area contributed by atoms with Gasteiger partial charge in [-0.25, -0.2) is 4.98 Å². The van der Waals surface area contributed by atoms with Gasteiger partial charge in [0.1, 0.15) is 5.69 Å². The van der Waals surface area contributed by atoms with Gasteiger partial charge in [-0.3, -0.25) is 10.1 Å². The van der Waals surface area contributed by atoms with Gasteiger partial charge in [0.05, 0.1) is 12.0 Å². The number of hydrogen-bond donors (Lipinski definition) is 1. The Morgan fingerprint density at radius 3 is 2.71 bits per heavy atom. The van der Waals surface area contributed by atoms with Gasteiger partial charge in [0.25, 0.3) is 5.69 Å². The molecule has 2 atom stereocenters. The van der Waals surface area contributed by atoms with E-state index in [1.807, 2.05) is 13.8 Å². The number of nitrogens with two attached hydrogens (primary N) is 1. The molecule has 0 saturated carbocycles. The third-order valence-corrected chi connectivity index (χ3v) is 2.83. The Balaban J connectivity index is 3.21. The molecule has 0 saturated heterocycles. The maximum Gasteiger partial charge on any atom is 0.291 e. The number of hydrogen-bond acceptors (Lipinski definition) is 5. The third-order valence-electron chi connectivity index (χ3n) is 2.83. The largest absolute Gasteiger partial charge is 0.481 e. The summed E-state index contributed by atoms with van der Waals surface area (Å²) in [6.45, 7) is 3.77. The molecule has 0 aliphatic rings. The maximum atomic E-state index is 10.9. The van der Waals surface area contributed by atoms with E-state index in [1.165, 1.54) is 19.2 Å². The minimum absolute atomic E-state index is 0.0119. The summed E-state index contributed by atoms with van der Waals surface area (Å²) in [4.78, 5) is 14.6. The summed E-state index contributed by atoms with van der Waals surface area (Å²) in [6, 6.07) is 2.72. The van der Waals surface area contributed by atoms with Crippen LogP contribution in [0.5, 0.6) is 5.88 Å². The van der Waals surface area contributed by atoms with Crippen molar-refractivity contribution < 1.29 is 9.66 Å². The van der Waals surface area contributed by atoms with Crippen molar-refractivity contribution in [2.75, 3.05) is 7.11 Å². The van der Waals surface area contributed by atoms with Crippen molar-refractivity contribution >= 4 is 5.69 Å². The van der Waals surface area contributed by atoms with Gasteiger partial charge in [0.15, 0.2) is 0 Å². The van der Waals surface area contributed by atoms with Crippen molar-refractivity contribution in [3.05, 3.63) is 27.9 Å². The maximum absolute atomic E-state index is 10.9. The van der Waals surface area contributed by atoms with E-state index >= 15 is 0 Å². The molecular weight excluding hydrogens is 222 g/mol. The van der Waals surface area contributed by atoms with E-state index < -0.39 is 4.92 Å². The molecule has 6 nitrogen and oxygen atoms in total. The molecular formula is C11H17N3O3. The summed E-state index contributed by atoms with van der Waals surface area (Å²) >= 11 is 0. The molecule has 0 radical (unpaired) electrons. The second kappa shape index (κ2) is 5.58. The van der Waals surface area contributed by atoms with Gasteiger partial charge in [-0.05, 0) is 6.42 Å². The average Bonchev–Trinajstić information content (AvgIpc) is 2.35. The second-order valence-corrected chi connectivity index (χ2v) is 3.88. The van der Waals surface area contributed by atoms with Crippen molar-refractivity contribution in [1.82, 2.24) is 4.98 Å². The van der Waals surface area contributed by atoms with Gasteiger partial charge in [-0.1, -0.05) is 13.8 Å². The van der Waals surface area contributed by atoms with Crippen LogP contribution < -0.4 is 10.5 Å². The molecule has 6 heteroatoms. The molecule has 1 heterocycles. The van der Waals surface area contributed by atoms with Crippen LogP contribution in [0, 0.1) is 10.1 Å². The number of aromatic nitrogens is 1. The van der Waals surface area contributed by atoms with E-state index in [-0.39, 0.29) is 17.6 Å². The highest BCUT2D eigenvalue weighted by Crippen LogP contribution is 2.29. The van der Waals surface area contributed by atoms with Crippen LogP contribution in [0.25, 0.3) is 0 Å². The summed E-state index contributed by atoms with van der Waals surface area (Å²) < 4.78 is 4.98. The van der Waals surface area contributed by atoms with E-state index in [2.05, 4.69) is 4.98 Å². The van der Waals surface area contributed by atoms with Gasteiger partial charge in [-0.15, -0.1) is 0 Å². The Kier molecular flexibility index (Phi) is 4.39. The van der Waals surface area contributed by atoms with E-state index in [9.17, 15) is 10.1 Å². The topological polar surface area (TPSA) is 91.3 Å². The molecule has 1 aromatic heterocycles. The van der Waals surface area contributed by atoms with Crippen LogP contribution in [-0.4, -0.2) is 23.1 Å². The molecule has 1 aromatic rings. The molecule has 0 aromatic carbocycles. The van der Waals surface area contributed by atoms with Crippen LogP contribution in [-0.2, 0) is 0 Å². The molecule has 94 valence electrons. The number of pyridine rings is 1. The SMILES string of the molecule is CCC(N)C(C)c1nc(OC)ccc1[N+](=O)[O-]. The first kappa shape index (κ1) is 13.4. The Morgan fingerprint density at radius 2 is 2.24 bits per heavy atom. The van der Waals surface area contributed by atoms with Crippen LogP contribution in [0.2, 0.25) is 0 Å². The molecule has 0 fully saturated rings. The van der Waals surface area contributed by atoms with Crippen LogP contribution >= 0.6 is 0 Å². The van der Waals surface area contributed by atoms with Gasteiger partial charge < -0.3 is 10.5 Å². The van der Waals surface area contributed by atoms with E-state index in [1.54, 1.807) is 0 Å². The number of nitrogens with zero attached hydrogens (tertiary/aromatic N) is 2. The van der Waals surface area contributed by atoms with Gasteiger partial charge in [0.2, 0.25) is 5.88 Å². The molecule has 2 unspecified atom stereocenters. The first-order chi connectivity index (χ1) is 8.01. The summed E-state index contributed by atoms with van der Waals surface area (Å²) in [7, 11) is 1.47. The third kappa shape index (κ3) is 2.91. The van der Waals surface area contributed by atoms with E-state index in [4.69, 9.17) is 10.5 Å². The highest BCUT2D eigenvalue weighted by Gasteiger charge is 2.25. The standard InChI is InChI=1S/C11H17N3O3/c1-4-8(12)7(2)11-9(14(15)16)5-6-10(13-11)17-3/h5-8H,4,12H2,1-3H3. The van der Waals surface area contributed by atoms with Crippen LogP contribution in [0.1, 0.15) is 31.9 Å². The average molecular weight is 239 g/mol. The summed E-state index contributed by atoms with van der Waals surface area (Å²) in [6.07, 6.45) is 0.733. The molecule has 0 bridgehead atoms. The van der Waals surface area contributed by atoms with Gasteiger partial charge >= 0.3 is 0 Å². The molecule has 0 aliphatic heterocycles. The quantitative estimate of drug-likeness (QED) is 0.625. The zero-order valence-corrected chi connectivity index (χ0v) is 10.2. The molecule has 0 amide bonds. The Hall–Kier alpha value is -1.69. The lowest BCUT2D eigenvalue weighted by atomic mass is 9.95. The van der Waals surface area contributed by atoms with Crippen molar-refractivity contribution in [1.29, 1.82) is 0 Å². The predicted molar refractivity (Wildman–Crippen MR) is 64.1 cm³/mol. The van der Waals surface area contributed by atoms with Crippen LogP contribution in [0.3, 0.4) is 0 Å². The van der Waals surface area contributed by atoms with Gasteiger partial charge in [0, 0.05) is 24.1 Å². The summed E-state index contributed by atoms with van der Waals surface area (Å²) in [5.41, 5.74) is 6.27. The number of nitro groups is 1. The smallest absolute Gasteiger partial charge is 0.291 e.